The Bertz CT molecular complexity index is 827. The standard InChI is InChI=1S/C19H20N6O/c20-13-24-9-7-16(12-24)22-19(26)25-10-15(11-25)17-6-8-21-18(23-17)14-4-2-1-3-5-14/h1-6,8,15-16H,7,9-12H2,(H,22,26). The van der Waals surface area contributed by atoms with Crippen LogP contribution in [0.1, 0.15) is 18.0 Å². The normalized spacial score (nSPS) is 19.7. The highest BCUT2D eigenvalue weighted by Crippen LogP contribution is 2.27. The molecule has 0 aliphatic carbocycles. The van der Waals surface area contributed by atoms with Gasteiger partial charge in [0.15, 0.2) is 12.0 Å². The Morgan fingerprint density at radius 3 is 2.73 bits per heavy atom. The molecule has 1 N–H and O–H groups in total. The van der Waals surface area contributed by atoms with Gasteiger partial charge in [-0.2, -0.15) is 5.26 Å². The van der Waals surface area contributed by atoms with Crippen LogP contribution in [0.5, 0.6) is 0 Å². The summed E-state index contributed by atoms with van der Waals surface area (Å²) < 4.78 is 0. The SMILES string of the molecule is N#CN1CCC(NC(=O)N2CC(c3ccnc(-c4ccccc4)n3)C2)C1. The van der Waals surface area contributed by atoms with Crippen LogP contribution in [-0.2, 0) is 0 Å². The van der Waals surface area contributed by atoms with E-state index < -0.39 is 0 Å². The van der Waals surface area contributed by atoms with Crippen molar-refractivity contribution < 1.29 is 4.79 Å². The van der Waals surface area contributed by atoms with Gasteiger partial charge < -0.3 is 15.1 Å². The largest absolute Gasteiger partial charge is 0.333 e. The van der Waals surface area contributed by atoms with Gasteiger partial charge in [-0.25, -0.2) is 14.8 Å². The van der Waals surface area contributed by atoms with E-state index in [0.29, 0.717) is 32.0 Å². The van der Waals surface area contributed by atoms with E-state index in [1.54, 1.807) is 16.0 Å². The first-order valence-corrected chi connectivity index (χ1v) is 8.81. The van der Waals surface area contributed by atoms with Crippen LogP contribution >= 0.6 is 0 Å². The van der Waals surface area contributed by atoms with Crippen molar-refractivity contribution in [1.29, 1.82) is 5.26 Å². The zero-order valence-electron chi connectivity index (χ0n) is 14.4. The first-order valence-electron chi connectivity index (χ1n) is 8.81. The van der Waals surface area contributed by atoms with Gasteiger partial charge in [-0.1, -0.05) is 30.3 Å². The molecule has 0 spiro atoms. The molecule has 3 heterocycles. The Balaban J connectivity index is 1.34. The molecular formula is C19H20N6O. The second-order valence-electron chi connectivity index (χ2n) is 6.75. The highest BCUT2D eigenvalue weighted by Gasteiger charge is 2.34. The number of amides is 2. The van der Waals surface area contributed by atoms with Crippen molar-refractivity contribution >= 4 is 6.03 Å². The molecule has 7 heteroatoms. The lowest BCUT2D eigenvalue weighted by Gasteiger charge is -2.39. The van der Waals surface area contributed by atoms with E-state index in [2.05, 4.69) is 21.5 Å². The summed E-state index contributed by atoms with van der Waals surface area (Å²) in [6, 6.07) is 11.8. The Kier molecular flexibility index (Phi) is 4.40. The van der Waals surface area contributed by atoms with Gasteiger partial charge in [-0.3, -0.25) is 0 Å². The highest BCUT2D eigenvalue weighted by atomic mass is 16.2. The van der Waals surface area contributed by atoms with Crippen LogP contribution in [0.15, 0.2) is 42.6 Å². The van der Waals surface area contributed by atoms with E-state index in [9.17, 15) is 4.79 Å². The lowest BCUT2D eigenvalue weighted by Crippen LogP contribution is -2.54. The van der Waals surface area contributed by atoms with Gasteiger partial charge in [0.1, 0.15) is 0 Å². The molecule has 132 valence electrons. The topological polar surface area (TPSA) is 85.2 Å². The Labute approximate surface area is 152 Å². The number of benzene rings is 1. The molecular weight excluding hydrogens is 328 g/mol. The predicted molar refractivity (Wildman–Crippen MR) is 95.9 cm³/mol. The van der Waals surface area contributed by atoms with Crippen molar-refractivity contribution in [1.82, 2.24) is 25.1 Å². The summed E-state index contributed by atoms with van der Waals surface area (Å²) in [5.41, 5.74) is 1.96. The molecule has 2 amide bonds. The third kappa shape index (κ3) is 3.31. The van der Waals surface area contributed by atoms with Gasteiger partial charge in [0.05, 0.1) is 11.7 Å². The number of nitrogens with one attached hydrogen (secondary N) is 1. The lowest BCUT2D eigenvalue weighted by molar-refractivity contribution is 0.147. The van der Waals surface area contributed by atoms with Gasteiger partial charge in [0, 0.05) is 43.9 Å². The molecule has 0 saturated carbocycles. The molecule has 2 saturated heterocycles. The van der Waals surface area contributed by atoms with Crippen molar-refractivity contribution in [3.63, 3.8) is 0 Å². The Morgan fingerprint density at radius 2 is 2.00 bits per heavy atom. The van der Waals surface area contributed by atoms with Crippen LogP contribution in [0.3, 0.4) is 0 Å². The molecule has 1 aromatic heterocycles. The fraction of sp³-hybridized carbons (Fsp3) is 0.368. The first-order chi connectivity index (χ1) is 12.7. The van der Waals surface area contributed by atoms with Crippen molar-refractivity contribution in [2.75, 3.05) is 26.2 Å². The molecule has 2 fully saturated rings. The molecule has 7 nitrogen and oxygen atoms in total. The molecule has 1 aromatic carbocycles. The van der Waals surface area contributed by atoms with Gasteiger partial charge in [0.25, 0.3) is 0 Å². The van der Waals surface area contributed by atoms with Crippen LogP contribution in [0.2, 0.25) is 0 Å². The predicted octanol–water partition coefficient (Wildman–Crippen LogP) is 1.81. The van der Waals surface area contributed by atoms with E-state index >= 15 is 0 Å². The molecule has 2 aliphatic heterocycles. The minimum atomic E-state index is -0.0524. The summed E-state index contributed by atoms with van der Waals surface area (Å²) in [4.78, 5) is 24.8. The van der Waals surface area contributed by atoms with Crippen molar-refractivity contribution in [2.24, 2.45) is 0 Å². The number of carbonyl (C=O) groups excluding carboxylic acids is 1. The van der Waals surface area contributed by atoms with E-state index in [4.69, 9.17) is 5.26 Å². The number of likely N-dealkylation sites (tertiary alicyclic amines) is 2. The zero-order chi connectivity index (χ0) is 17.9. The number of hydrogen-bond donors (Lipinski definition) is 1. The second-order valence-corrected chi connectivity index (χ2v) is 6.75. The number of hydrogen-bond acceptors (Lipinski definition) is 5. The maximum atomic E-state index is 12.3. The van der Waals surface area contributed by atoms with Gasteiger partial charge in [-0.05, 0) is 12.5 Å². The number of urea groups is 1. The second kappa shape index (κ2) is 7.00. The molecule has 2 aliphatic rings. The highest BCUT2D eigenvalue weighted by molar-refractivity contribution is 5.75. The van der Waals surface area contributed by atoms with Gasteiger partial charge in [0.2, 0.25) is 0 Å². The third-order valence-corrected chi connectivity index (χ3v) is 4.95. The monoisotopic (exact) mass is 348 g/mol. The Morgan fingerprint density at radius 1 is 1.19 bits per heavy atom. The average molecular weight is 348 g/mol. The van der Waals surface area contributed by atoms with Crippen molar-refractivity contribution in [2.45, 2.75) is 18.4 Å². The molecule has 2 aromatic rings. The first kappa shape index (κ1) is 16.3. The molecule has 1 atom stereocenters. The molecule has 4 rings (SSSR count). The van der Waals surface area contributed by atoms with Crippen LogP contribution in [0.4, 0.5) is 4.79 Å². The lowest BCUT2D eigenvalue weighted by atomic mass is 9.96. The minimum absolute atomic E-state index is 0.0524. The number of nitriles is 1. The zero-order valence-corrected chi connectivity index (χ0v) is 14.4. The summed E-state index contributed by atoms with van der Waals surface area (Å²) in [7, 11) is 0. The summed E-state index contributed by atoms with van der Waals surface area (Å²) in [5, 5.41) is 11.9. The molecule has 0 radical (unpaired) electrons. The smallest absolute Gasteiger partial charge is 0.317 e. The maximum absolute atomic E-state index is 12.3. The molecule has 26 heavy (non-hydrogen) atoms. The number of nitrogens with zero attached hydrogens (tertiary/aromatic N) is 5. The van der Waals surface area contributed by atoms with Gasteiger partial charge >= 0.3 is 6.03 Å². The van der Waals surface area contributed by atoms with Crippen LogP contribution in [0, 0.1) is 11.5 Å². The van der Waals surface area contributed by atoms with E-state index in [1.807, 2.05) is 36.4 Å². The van der Waals surface area contributed by atoms with Crippen LogP contribution < -0.4 is 5.32 Å². The molecule has 0 bridgehead atoms. The quantitative estimate of drug-likeness (QED) is 0.855. The minimum Gasteiger partial charge on any atom is -0.333 e. The number of rotatable bonds is 3. The Hall–Kier alpha value is -3.14. The van der Waals surface area contributed by atoms with E-state index in [1.165, 1.54) is 0 Å². The number of aromatic nitrogens is 2. The van der Waals surface area contributed by atoms with Crippen LogP contribution in [-0.4, -0.2) is 58.0 Å². The average Bonchev–Trinajstić information content (AvgIpc) is 3.09. The third-order valence-electron chi connectivity index (χ3n) is 4.95. The summed E-state index contributed by atoms with van der Waals surface area (Å²) >= 11 is 0. The number of carbonyl (C=O) groups is 1. The summed E-state index contributed by atoms with van der Waals surface area (Å²) in [5.74, 6) is 0.957. The van der Waals surface area contributed by atoms with Gasteiger partial charge in [-0.15, -0.1) is 0 Å². The fourth-order valence-electron chi connectivity index (χ4n) is 3.39. The van der Waals surface area contributed by atoms with Crippen LogP contribution in [0.25, 0.3) is 11.4 Å². The fourth-order valence-corrected chi connectivity index (χ4v) is 3.39. The van der Waals surface area contributed by atoms with Crippen molar-refractivity contribution in [3.8, 4) is 17.6 Å². The molecule has 1 unspecified atom stereocenters. The summed E-state index contributed by atoms with van der Waals surface area (Å²) in [6.07, 6.45) is 4.73. The van der Waals surface area contributed by atoms with E-state index in [0.717, 1.165) is 17.7 Å². The van der Waals surface area contributed by atoms with Crippen molar-refractivity contribution in [3.05, 3.63) is 48.3 Å². The van der Waals surface area contributed by atoms with E-state index in [-0.39, 0.29) is 18.0 Å². The summed E-state index contributed by atoms with van der Waals surface area (Å²) in [6.45, 7) is 2.64. The maximum Gasteiger partial charge on any atom is 0.317 e.